The first kappa shape index (κ1) is 17.5. The van der Waals surface area contributed by atoms with E-state index in [1.807, 2.05) is 35.2 Å². The van der Waals surface area contributed by atoms with Crippen LogP contribution >= 0.6 is 15.9 Å². The summed E-state index contributed by atoms with van der Waals surface area (Å²) in [5, 5.41) is 10.3. The molecule has 4 rings (SSSR count). The lowest BCUT2D eigenvalue weighted by Gasteiger charge is -2.31. The van der Waals surface area contributed by atoms with Crippen molar-refractivity contribution in [1.29, 1.82) is 0 Å². The van der Waals surface area contributed by atoms with Crippen LogP contribution in [0.2, 0.25) is 0 Å². The minimum Gasteiger partial charge on any atom is -0.508 e. The Morgan fingerprint density at radius 1 is 1.08 bits per heavy atom. The molecular weight excluding hydrogens is 394 g/mol. The zero-order chi connectivity index (χ0) is 18.3. The van der Waals surface area contributed by atoms with Crippen molar-refractivity contribution in [3.8, 4) is 5.75 Å². The van der Waals surface area contributed by atoms with Gasteiger partial charge in [-0.2, -0.15) is 0 Å². The Balaban J connectivity index is 1.78. The molecule has 0 aromatic heterocycles. The van der Waals surface area contributed by atoms with E-state index in [2.05, 4.69) is 45.8 Å². The molecule has 2 heterocycles. The second-order valence-corrected chi connectivity index (χ2v) is 7.82. The van der Waals surface area contributed by atoms with Crippen LogP contribution in [0.15, 0.2) is 53.0 Å². The maximum Gasteiger partial charge on any atom is 0.242 e. The third kappa shape index (κ3) is 2.82. The summed E-state index contributed by atoms with van der Waals surface area (Å²) in [6, 6.07) is 15.1. The number of benzene rings is 2. The number of rotatable bonds is 4. The van der Waals surface area contributed by atoms with Crippen molar-refractivity contribution in [3.63, 3.8) is 0 Å². The Morgan fingerprint density at radius 3 is 2.46 bits per heavy atom. The molecule has 3 N–H and O–H groups in total. The highest BCUT2D eigenvalue weighted by molar-refractivity contribution is 9.10. The second-order valence-electron chi connectivity index (χ2n) is 6.91. The second kappa shape index (κ2) is 7.02. The lowest BCUT2D eigenvalue weighted by molar-refractivity contribution is -0.130. The molecule has 136 valence electrons. The fourth-order valence-electron chi connectivity index (χ4n) is 4.27. The summed E-state index contributed by atoms with van der Waals surface area (Å²) >= 11 is 3.49. The van der Waals surface area contributed by atoms with E-state index in [1.165, 1.54) is 0 Å². The third-order valence-corrected chi connectivity index (χ3v) is 5.89. The lowest BCUT2D eigenvalue weighted by atomic mass is 9.83. The standard InChI is InChI=1S/C20H22BrN3O2/c1-2-11-24-19(12-7-9-13(21)10-8-12)16-17(22-23-18(16)20(24)26)14-5-3-4-6-15(14)25/h3-10,16-19,22-23,25H,2,11H2,1H3. The number of fused-ring (bicyclic) bond motifs is 1. The van der Waals surface area contributed by atoms with Gasteiger partial charge in [-0.3, -0.25) is 4.79 Å². The van der Waals surface area contributed by atoms with Gasteiger partial charge < -0.3 is 10.0 Å². The number of halogens is 1. The molecule has 2 fully saturated rings. The first-order valence-corrected chi connectivity index (χ1v) is 9.76. The van der Waals surface area contributed by atoms with Crippen molar-refractivity contribution in [2.75, 3.05) is 6.54 Å². The molecule has 2 aromatic rings. The van der Waals surface area contributed by atoms with Crippen molar-refractivity contribution < 1.29 is 9.90 Å². The molecule has 2 saturated heterocycles. The molecule has 4 unspecified atom stereocenters. The Hall–Kier alpha value is -1.89. The van der Waals surface area contributed by atoms with Gasteiger partial charge >= 0.3 is 0 Å². The topological polar surface area (TPSA) is 64.6 Å². The highest BCUT2D eigenvalue weighted by Gasteiger charge is 2.55. The summed E-state index contributed by atoms with van der Waals surface area (Å²) in [5.41, 5.74) is 8.37. The number of nitrogens with one attached hydrogen (secondary N) is 2. The molecule has 1 amide bonds. The summed E-state index contributed by atoms with van der Waals surface area (Å²) in [6.07, 6.45) is 0.910. The summed E-state index contributed by atoms with van der Waals surface area (Å²) < 4.78 is 1.02. The van der Waals surface area contributed by atoms with E-state index in [-0.39, 0.29) is 35.7 Å². The molecule has 2 aliphatic rings. The number of phenolic OH excluding ortho intramolecular Hbond substituents is 1. The number of likely N-dealkylation sites (tertiary alicyclic amines) is 1. The number of carbonyl (C=O) groups is 1. The van der Waals surface area contributed by atoms with E-state index in [9.17, 15) is 9.90 Å². The minimum atomic E-state index is -0.292. The Kier molecular flexibility index (Phi) is 4.73. The maximum absolute atomic E-state index is 13.0. The summed E-state index contributed by atoms with van der Waals surface area (Å²) in [6.45, 7) is 2.81. The molecule has 0 saturated carbocycles. The van der Waals surface area contributed by atoms with Crippen LogP contribution in [0.1, 0.15) is 36.6 Å². The predicted molar refractivity (Wildman–Crippen MR) is 103 cm³/mol. The number of nitrogens with zero attached hydrogens (tertiary/aromatic N) is 1. The first-order valence-electron chi connectivity index (χ1n) is 8.96. The Labute approximate surface area is 161 Å². The van der Waals surface area contributed by atoms with Crippen LogP contribution in [0.5, 0.6) is 5.75 Å². The minimum absolute atomic E-state index is 0.00326. The molecule has 0 aliphatic carbocycles. The number of hydrogen-bond donors (Lipinski definition) is 3. The number of phenols is 1. The molecule has 6 heteroatoms. The molecule has 4 atom stereocenters. The van der Waals surface area contributed by atoms with E-state index in [4.69, 9.17) is 0 Å². The van der Waals surface area contributed by atoms with Crippen molar-refractivity contribution in [2.24, 2.45) is 5.92 Å². The fourth-order valence-corrected chi connectivity index (χ4v) is 4.53. The molecule has 26 heavy (non-hydrogen) atoms. The monoisotopic (exact) mass is 415 g/mol. The highest BCUT2D eigenvalue weighted by atomic mass is 79.9. The summed E-state index contributed by atoms with van der Waals surface area (Å²) in [7, 11) is 0. The number of carbonyl (C=O) groups excluding carboxylic acids is 1. The smallest absolute Gasteiger partial charge is 0.242 e. The largest absolute Gasteiger partial charge is 0.508 e. The van der Waals surface area contributed by atoms with Gasteiger partial charge in [0.1, 0.15) is 11.8 Å². The van der Waals surface area contributed by atoms with Gasteiger partial charge in [-0.1, -0.05) is 53.2 Å². The first-order chi connectivity index (χ1) is 12.6. The van der Waals surface area contributed by atoms with Crippen molar-refractivity contribution in [1.82, 2.24) is 15.8 Å². The van der Waals surface area contributed by atoms with Crippen LogP contribution in [0.3, 0.4) is 0 Å². The average Bonchev–Trinajstić information content (AvgIpc) is 3.17. The summed E-state index contributed by atoms with van der Waals surface area (Å²) in [4.78, 5) is 15.0. The third-order valence-electron chi connectivity index (χ3n) is 5.36. The van der Waals surface area contributed by atoms with E-state index in [0.717, 1.165) is 28.6 Å². The van der Waals surface area contributed by atoms with Crippen molar-refractivity contribution >= 4 is 21.8 Å². The van der Waals surface area contributed by atoms with Gasteiger partial charge in [0.25, 0.3) is 0 Å². The van der Waals surface area contributed by atoms with Gasteiger partial charge in [0, 0.05) is 22.5 Å². The Morgan fingerprint density at radius 2 is 1.77 bits per heavy atom. The zero-order valence-corrected chi connectivity index (χ0v) is 16.1. The van der Waals surface area contributed by atoms with E-state index >= 15 is 0 Å². The van der Waals surface area contributed by atoms with Crippen LogP contribution in [0, 0.1) is 5.92 Å². The number of aromatic hydroxyl groups is 1. The van der Waals surface area contributed by atoms with Gasteiger partial charge in [0.05, 0.1) is 12.1 Å². The van der Waals surface area contributed by atoms with Gasteiger partial charge in [0.15, 0.2) is 0 Å². The molecule has 0 spiro atoms. The average molecular weight is 416 g/mol. The van der Waals surface area contributed by atoms with Gasteiger partial charge in [-0.15, -0.1) is 0 Å². The number of hydrazine groups is 1. The van der Waals surface area contributed by atoms with Gasteiger partial charge in [-0.05, 0) is 30.2 Å². The quantitative estimate of drug-likeness (QED) is 0.716. The van der Waals surface area contributed by atoms with Crippen LogP contribution < -0.4 is 10.9 Å². The van der Waals surface area contributed by atoms with Crippen molar-refractivity contribution in [3.05, 3.63) is 64.1 Å². The molecule has 0 bridgehead atoms. The fraction of sp³-hybridized carbons (Fsp3) is 0.350. The number of hydrogen-bond acceptors (Lipinski definition) is 4. The van der Waals surface area contributed by atoms with Crippen LogP contribution in [-0.4, -0.2) is 28.5 Å². The van der Waals surface area contributed by atoms with Crippen LogP contribution in [0.4, 0.5) is 0 Å². The molecular formula is C20H22BrN3O2. The van der Waals surface area contributed by atoms with Gasteiger partial charge in [-0.25, -0.2) is 10.9 Å². The normalized spacial score (nSPS) is 27.8. The predicted octanol–water partition coefficient (Wildman–Crippen LogP) is 3.28. The molecule has 2 aromatic carbocycles. The van der Waals surface area contributed by atoms with E-state index in [1.54, 1.807) is 6.07 Å². The molecule has 5 nitrogen and oxygen atoms in total. The Bertz CT molecular complexity index is 811. The number of para-hydroxylation sites is 1. The molecule has 2 aliphatic heterocycles. The van der Waals surface area contributed by atoms with E-state index in [0.29, 0.717) is 0 Å². The van der Waals surface area contributed by atoms with Crippen molar-refractivity contribution in [2.45, 2.75) is 31.5 Å². The van der Waals surface area contributed by atoms with E-state index < -0.39 is 0 Å². The number of amides is 1. The SMILES string of the molecule is CCCN1C(=O)C2NNC(c3ccccc3O)C2C1c1ccc(Br)cc1. The van der Waals surface area contributed by atoms with Gasteiger partial charge in [0.2, 0.25) is 5.91 Å². The highest BCUT2D eigenvalue weighted by Crippen LogP contribution is 2.48. The zero-order valence-electron chi connectivity index (χ0n) is 14.5. The lowest BCUT2D eigenvalue weighted by Crippen LogP contribution is -2.41. The summed E-state index contributed by atoms with van der Waals surface area (Å²) in [5.74, 6) is 0.377. The maximum atomic E-state index is 13.0. The molecule has 0 radical (unpaired) electrons. The van der Waals surface area contributed by atoms with Crippen LogP contribution in [-0.2, 0) is 4.79 Å². The van der Waals surface area contributed by atoms with Crippen LogP contribution in [0.25, 0.3) is 0 Å².